The lowest BCUT2D eigenvalue weighted by atomic mass is 10.0. The second kappa shape index (κ2) is 10.7. The standard InChI is InChI=1S/C28H32N6O4/c1-4-32-12-13-34(28(32)37)24-7-5-6-22(19(24)2)23-18-31(3)27(36)25(30-23)29-21-10-8-20(9-11-21)26(35)33-14-16-38-17-15-33/h5-11,18H,4,12-17H2,1-3H3,(H,29,30). The minimum atomic E-state index is -0.274. The summed E-state index contributed by atoms with van der Waals surface area (Å²) in [7, 11) is 1.69. The van der Waals surface area contributed by atoms with Crippen LogP contribution in [-0.4, -0.2) is 77.2 Å². The molecule has 2 saturated heterocycles. The van der Waals surface area contributed by atoms with E-state index in [4.69, 9.17) is 4.74 Å². The normalized spacial score (nSPS) is 15.8. The van der Waals surface area contributed by atoms with Gasteiger partial charge in [0.1, 0.15) is 0 Å². The maximum Gasteiger partial charge on any atom is 0.324 e. The number of urea groups is 1. The molecule has 1 aromatic heterocycles. The van der Waals surface area contributed by atoms with E-state index >= 15 is 0 Å². The van der Waals surface area contributed by atoms with E-state index < -0.39 is 0 Å². The van der Waals surface area contributed by atoms with Crippen molar-refractivity contribution in [3.63, 3.8) is 0 Å². The topological polar surface area (TPSA) is 100 Å². The Bertz CT molecular complexity index is 1410. The van der Waals surface area contributed by atoms with Crippen LogP contribution in [0.25, 0.3) is 11.3 Å². The summed E-state index contributed by atoms with van der Waals surface area (Å²) in [4.78, 5) is 48.5. The lowest BCUT2D eigenvalue weighted by Gasteiger charge is -2.26. The van der Waals surface area contributed by atoms with Crippen molar-refractivity contribution in [3.05, 3.63) is 70.1 Å². The van der Waals surface area contributed by atoms with Gasteiger partial charge in [-0.1, -0.05) is 12.1 Å². The first-order valence-corrected chi connectivity index (χ1v) is 12.9. The van der Waals surface area contributed by atoms with Crippen LogP contribution in [0, 0.1) is 6.92 Å². The average Bonchev–Trinajstić information content (AvgIpc) is 3.31. The molecule has 2 aliphatic rings. The summed E-state index contributed by atoms with van der Waals surface area (Å²) >= 11 is 0. The number of likely N-dealkylation sites (N-methyl/N-ethyl adjacent to an activating group) is 1. The molecule has 0 atom stereocenters. The van der Waals surface area contributed by atoms with Gasteiger partial charge in [-0.05, 0) is 49.7 Å². The molecule has 198 valence electrons. The number of anilines is 3. The van der Waals surface area contributed by atoms with Gasteiger partial charge in [0.05, 0.1) is 18.9 Å². The lowest BCUT2D eigenvalue weighted by Crippen LogP contribution is -2.40. The van der Waals surface area contributed by atoms with E-state index in [1.807, 2.05) is 36.9 Å². The number of nitrogens with one attached hydrogen (secondary N) is 1. The lowest BCUT2D eigenvalue weighted by molar-refractivity contribution is 0.0303. The van der Waals surface area contributed by atoms with Gasteiger partial charge in [0.2, 0.25) is 0 Å². The zero-order valence-electron chi connectivity index (χ0n) is 21.9. The number of hydrogen-bond acceptors (Lipinski definition) is 6. The monoisotopic (exact) mass is 516 g/mol. The zero-order valence-corrected chi connectivity index (χ0v) is 21.9. The summed E-state index contributed by atoms with van der Waals surface area (Å²) in [6.45, 7) is 8.20. The number of rotatable bonds is 6. The van der Waals surface area contributed by atoms with E-state index in [1.165, 1.54) is 4.57 Å². The molecular weight excluding hydrogens is 484 g/mol. The minimum absolute atomic E-state index is 0.000856. The molecule has 2 aromatic carbocycles. The fourth-order valence-electron chi connectivity index (χ4n) is 4.89. The maximum absolute atomic E-state index is 12.9. The highest BCUT2D eigenvalue weighted by molar-refractivity contribution is 5.96. The molecule has 2 aliphatic heterocycles. The summed E-state index contributed by atoms with van der Waals surface area (Å²) in [5.41, 5.74) is 4.18. The maximum atomic E-state index is 12.9. The van der Waals surface area contributed by atoms with Crippen molar-refractivity contribution >= 4 is 29.1 Å². The molecular formula is C28H32N6O4. The van der Waals surface area contributed by atoms with Gasteiger partial charge in [-0.15, -0.1) is 0 Å². The molecule has 0 saturated carbocycles. The number of hydrogen-bond donors (Lipinski definition) is 1. The summed E-state index contributed by atoms with van der Waals surface area (Å²) in [6.07, 6.45) is 1.70. The predicted molar refractivity (Wildman–Crippen MR) is 146 cm³/mol. The number of nitrogens with zero attached hydrogens (tertiary/aromatic N) is 5. The molecule has 0 aliphatic carbocycles. The molecule has 38 heavy (non-hydrogen) atoms. The highest BCUT2D eigenvalue weighted by Crippen LogP contribution is 2.32. The van der Waals surface area contributed by atoms with Crippen LogP contribution in [-0.2, 0) is 11.8 Å². The quantitative estimate of drug-likeness (QED) is 0.540. The first-order chi connectivity index (χ1) is 18.4. The Hall–Kier alpha value is -4.18. The van der Waals surface area contributed by atoms with Crippen LogP contribution in [0.1, 0.15) is 22.8 Å². The third-order valence-electron chi connectivity index (χ3n) is 7.11. The highest BCUT2D eigenvalue weighted by atomic mass is 16.5. The molecule has 10 nitrogen and oxygen atoms in total. The van der Waals surface area contributed by atoms with Crippen molar-refractivity contribution in [1.82, 2.24) is 19.4 Å². The Labute approximate surface area is 221 Å². The molecule has 3 amide bonds. The van der Waals surface area contributed by atoms with E-state index in [-0.39, 0.29) is 23.3 Å². The van der Waals surface area contributed by atoms with E-state index in [0.717, 1.165) is 16.8 Å². The van der Waals surface area contributed by atoms with E-state index in [1.54, 1.807) is 47.3 Å². The molecule has 2 fully saturated rings. The van der Waals surface area contributed by atoms with E-state index in [2.05, 4.69) is 10.3 Å². The number of carbonyl (C=O) groups excluding carboxylic acids is 2. The van der Waals surface area contributed by atoms with Crippen LogP contribution >= 0.6 is 0 Å². The second-order valence-corrected chi connectivity index (χ2v) is 9.46. The van der Waals surface area contributed by atoms with Crippen molar-refractivity contribution in [2.45, 2.75) is 13.8 Å². The van der Waals surface area contributed by atoms with Crippen LogP contribution < -0.4 is 15.8 Å². The Kier molecular flexibility index (Phi) is 7.15. The predicted octanol–water partition coefficient (Wildman–Crippen LogP) is 3.23. The first kappa shape index (κ1) is 25.5. The van der Waals surface area contributed by atoms with Crippen molar-refractivity contribution in [3.8, 4) is 11.3 Å². The van der Waals surface area contributed by atoms with Crippen molar-refractivity contribution < 1.29 is 14.3 Å². The third-order valence-corrected chi connectivity index (χ3v) is 7.11. The number of aryl methyl sites for hydroxylation is 1. The van der Waals surface area contributed by atoms with Gasteiger partial charge in [-0.25, -0.2) is 9.78 Å². The number of ether oxygens (including phenoxy) is 1. The number of morpholine rings is 1. The van der Waals surface area contributed by atoms with Crippen LogP contribution in [0.2, 0.25) is 0 Å². The summed E-state index contributed by atoms with van der Waals surface area (Å²) < 4.78 is 6.82. The molecule has 5 rings (SSSR count). The Morgan fingerprint density at radius 2 is 1.76 bits per heavy atom. The molecule has 1 N–H and O–H groups in total. The second-order valence-electron chi connectivity index (χ2n) is 9.46. The van der Waals surface area contributed by atoms with Gasteiger partial charge in [0, 0.05) is 68.5 Å². The van der Waals surface area contributed by atoms with E-state index in [9.17, 15) is 14.4 Å². The molecule has 0 radical (unpaired) electrons. The zero-order chi connectivity index (χ0) is 26.8. The summed E-state index contributed by atoms with van der Waals surface area (Å²) in [5.74, 6) is 0.140. The van der Waals surface area contributed by atoms with Crippen LogP contribution in [0.5, 0.6) is 0 Å². The first-order valence-electron chi connectivity index (χ1n) is 12.9. The Balaban J connectivity index is 1.40. The van der Waals surface area contributed by atoms with Gasteiger partial charge >= 0.3 is 6.03 Å². The van der Waals surface area contributed by atoms with Crippen LogP contribution in [0.3, 0.4) is 0 Å². The van der Waals surface area contributed by atoms with Gasteiger partial charge in [0.25, 0.3) is 11.5 Å². The molecule has 3 aromatic rings. The SMILES string of the molecule is CCN1CCN(c2cccc(-c3cn(C)c(=O)c(Nc4ccc(C(=O)N5CCOCC5)cc4)n3)c2C)C1=O. The van der Waals surface area contributed by atoms with E-state index in [0.29, 0.717) is 62.9 Å². The largest absolute Gasteiger partial charge is 0.378 e. The molecule has 3 heterocycles. The van der Waals surface area contributed by atoms with Gasteiger partial charge in [-0.3, -0.25) is 14.5 Å². The van der Waals surface area contributed by atoms with Gasteiger partial charge < -0.3 is 24.4 Å². The minimum Gasteiger partial charge on any atom is -0.378 e. The Morgan fingerprint density at radius 3 is 2.45 bits per heavy atom. The number of benzene rings is 2. The fraction of sp³-hybridized carbons (Fsp3) is 0.357. The highest BCUT2D eigenvalue weighted by Gasteiger charge is 2.29. The van der Waals surface area contributed by atoms with Gasteiger partial charge in [0.15, 0.2) is 5.82 Å². The smallest absolute Gasteiger partial charge is 0.324 e. The number of aromatic nitrogens is 2. The molecule has 0 spiro atoms. The molecule has 10 heteroatoms. The number of carbonyl (C=O) groups is 2. The van der Waals surface area contributed by atoms with Crippen LogP contribution in [0.4, 0.5) is 22.0 Å². The number of amides is 3. The molecule has 0 bridgehead atoms. The fourth-order valence-corrected chi connectivity index (χ4v) is 4.89. The van der Waals surface area contributed by atoms with Crippen molar-refractivity contribution in [2.75, 3.05) is 56.2 Å². The van der Waals surface area contributed by atoms with Crippen molar-refractivity contribution in [2.24, 2.45) is 7.05 Å². The third kappa shape index (κ3) is 4.87. The van der Waals surface area contributed by atoms with Crippen molar-refractivity contribution in [1.29, 1.82) is 0 Å². The van der Waals surface area contributed by atoms with Gasteiger partial charge in [-0.2, -0.15) is 0 Å². The summed E-state index contributed by atoms with van der Waals surface area (Å²) in [6, 6.07) is 12.8. The Morgan fingerprint density at radius 1 is 1.03 bits per heavy atom. The van der Waals surface area contributed by atoms with Crippen LogP contribution in [0.15, 0.2) is 53.5 Å². The summed E-state index contributed by atoms with van der Waals surface area (Å²) in [5, 5.41) is 3.12. The molecule has 0 unspecified atom stereocenters. The average molecular weight is 517 g/mol.